The van der Waals surface area contributed by atoms with Crippen LogP contribution in [0.25, 0.3) is 11.1 Å². The van der Waals surface area contributed by atoms with Crippen molar-refractivity contribution in [2.75, 3.05) is 50.5 Å². The van der Waals surface area contributed by atoms with Gasteiger partial charge in [0.05, 0.1) is 0 Å². The first-order valence-corrected chi connectivity index (χ1v) is 14.8. The lowest BCUT2D eigenvalue weighted by Gasteiger charge is -2.36. The number of sulfonamides is 1. The third kappa shape index (κ3) is 6.09. The number of benzene rings is 3. The number of hydrogen-bond donors (Lipinski definition) is 0. The van der Waals surface area contributed by atoms with Gasteiger partial charge in [-0.25, -0.2) is 8.42 Å². The molecule has 8 heteroatoms. The average Bonchev–Trinajstić information content (AvgIpc) is 2.93. The highest BCUT2D eigenvalue weighted by molar-refractivity contribution is 7.88. The van der Waals surface area contributed by atoms with Crippen LogP contribution in [-0.4, -0.2) is 74.1 Å². The van der Waals surface area contributed by atoms with Gasteiger partial charge in [-0.15, -0.1) is 0 Å². The molecule has 2 aliphatic heterocycles. The molecular formula is C30H36N4O3S. The second kappa shape index (κ2) is 11.3. The van der Waals surface area contributed by atoms with Crippen molar-refractivity contribution >= 4 is 21.6 Å². The van der Waals surface area contributed by atoms with Crippen LogP contribution in [0.15, 0.2) is 72.8 Å². The zero-order valence-corrected chi connectivity index (χ0v) is 23.0. The molecule has 2 aliphatic rings. The normalized spacial score (nSPS) is 16.5. The van der Waals surface area contributed by atoms with E-state index < -0.39 is 10.0 Å². The fraction of sp³-hybridized carbons (Fsp3) is 0.367. The van der Waals surface area contributed by atoms with Gasteiger partial charge in [0.25, 0.3) is 0 Å². The monoisotopic (exact) mass is 532 g/mol. The molecule has 1 amide bonds. The Hall–Kier alpha value is -3.20. The zero-order valence-electron chi connectivity index (χ0n) is 22.2. The Morgan fingerprint density at radius 2 is 1.53 bits per heavy atom. The van der Waals surface area contributed by atoms with Gasteiger partial charge < -0.3 is 9.80 Å². The molecule has 0 unspecified atom stereocenters. The summed E-state index contributed by atoms with van der Waals surface area (Å²) in [5, 5.41) is 0. The van der Waals surface area contributed by atoms with Gasteiger partial charge in [-0.3, -0.25) is 9.69 Å². The summed E-state index contributed by atoms with van der Waals surface area (Å²) in [6.07, 6.45) is 0.830. The Morgan fingerprint density at radius 3 is 2.21 bits per heavy atom. The Kier molecular flexibility index (Phi) is 7.83. The molecule has 0 spiro atoms. The summed E-state index contributed by atoms with van der Waals surface area (Å²) >= 11 is 0. The standard InChI is InChI=1S/C30H36N4O3S/c1-24(35)33-16-18-34(19-17-33)30-13-12-29-22-32(15-14-28(29)20-30)23-38(36,37)31(2)21-25-8-10-27(11-9-25)26-6-4-3-5-7-26/h3-13,20H,14-19,21-23H2,1-2H3. The molecule has 1 fully saturated rings. The van der Waals surface area contributed by atoms with Crippen molar-refractivity contribution in [3.05, 3.63) is 89.5 Å². The van der Waals surface area contributed by atoms with E-state index in [9.17, 15) is 13.2 Å². The minimum Gasteiger partial charge on any atom is -0.368 e. The van der Waals surface area contributed by atoms with E-state index in [1.54, 1.807) is 14.0 Å². The molecule has 1 saturated heterocycles. The number of rotatable bonds is 7. The summed E-state index contributed by atoms with van der Waals surface area (Å²) in [7, 11) is -1.78. The first-order chi connectivity index (χ1) is 18.3. The third-order valence-electron chi connectivity index (χ3n) is 7.66. The molecule has 0 aromatic heterocycles. The largest absolute Gasteiger partial charge is 0.368 e. The molecule has 2 heterocycles. The number of piperazine rings is 1. The van der Waals surface area contributed by atoms with Gasteiger partial charge in [-0.05, 0) is 46.4 Å². The van der Waals surface area contributed by atoms with E-state index in [0.29, 0.717) is 19.6 Å². The molecule has 0 N–H and O–H groups in total. The van der Waals surface area contributed by atoms with Crippen molar-refractivity contribution in [3.8, 4) is 11.1 Å². The second-order valence-electron chi connectivity index (χ2n) is 10.3. The van der Waals surface area contributed by atoms with E-state index in [2.05, 4.69) is 35.2 Å². The van der Waals surface area contributed by atoms with Crippen LogP contribution in [0.1, 0.15) is 23.6 Å². The maximum Gasteiger partial charge on any atom is 0.227 e. The van der Waals surface area contributed by atoms with Gasteiger partial charge in [-0.2, -0.15) is 4.31 Å². The van der Waals surface area contributed by atoms with Crippen LogP contribution in [0.2, 0.25) is 0 Å². The Labute approximate surface area is 226 Å². The number of hydrogen-bond acceptors (Lipinski definition) is 5. The highest BCUT2D eigenvalue weighted by atomic mass is 32.2. The molecule has 0 aliphatic carbocycles. The molecule has 0 radical (unpaired) electrons. The highest BCUT2D eigenvalue weighted by Gasteiger charge is 2.26. The van der Waals surface area contributed by atoms with Gasteiger partial charge in [-0.1, -0.05) is 60.7 Å². The Balaban J connectivity index is 1.17. The number of fused-ring (bicyclic) bond motifs is 1. The second-order valence-corrected chi connectivity index (χ2v) is 12.4. The molecular weight excluding hydrogens is 496 g/mol. The lowest BCUT2D eigenvalue weighted by molar-refractivity contribution is -0.129. The molecule has 0 saturated carbocycles. The lowest BCUT2D eigenvalue weighted by Crippen LogP contribution is -2.48. The van der Waals surface area contributed by atoms with Crippen LogP contribution in [-0.2, 0) is 34.3 Å². The molecule has 200 valence electrons. The van der Waals surface area contributed by atoms with Crippen LogP contribution in [0.5, 0.6) is 0 Å². The van der Waals surface area contributed by atoms with Crippen molar-refractivity contribution in [2.45, 2.75) is 26.4 Å². The van der Waals surface area contributed by atoms with Crippen LogP contribution in [0.3, 0.4) is 0 Å². The van der Waals surface area contributed by atoms with Crippen molar-refractivity contribution in [1.82, 2.24) is 14.1 Å². The molecule has 3 aromatic carbocycles. The van der Waals surface area contributed by atoms with E-state index in [1.807, 2.05) is 52.3 Å². The third-order valence-corrected chi connectivity index (χ3v) is 9.43. The minimum atomic E-state index is -3.44. The van der Waals surface area contributed by atoms with Crippen molar-refractivity contribution in [1.29, 1.82) is 0 Å². The van der Waals surface area contributed by atoms with Crippen LogP contribution < -0.4 is 4.90 Å². The predicted molar refractivity (Wildman–Crippen MR) is 152 cm³/mol. The SMILES string of the molecule is CC(=O)N1CCN(c2ccc3c(c2)CCN(CS(=O)(=O)N(C)Cc2ccc(-c4ccccc4)cc2)C3)CC1. The van der Waals surface area contributed by atoms with Gasteiger partial charge in [0.2, 0.25) is 15.9 Å². The molecule has 0 bridgehead atoms. The number of carbonyl (C=O) groups excluding carboxylic acids is 1. The summed E-state index contributed by atoms with van der Waals surface area (Å²) in [4.78, 5) is 17.9. The lowest BCUT2D eigenvalue weighted by atomic mass is 9.99. The molecule has 38 heavy (non-hydrogen) atoms. The molecule has 5 rings (SSSR count). The number of amides is 1. The van der Waals surface area contributed by atoms with E-state index in [-0.39, 0.29) is 11.8 Å². The smallest absolute Gasteiger partial charge is 0.227 e. The summed E-state index contributed by atoms with van der Waals surface area (Å²) in [5.41, 5.74) is 6.90. The topological polar surface area (TPSA) is 64.2 Å². The van der Waals surface area contributed by atoms with Crippen LogP contribution in [0.4, 0.5) is 5.69 Å². The maximum atomic E-state index is 13.2. The van der Waals surface area contributed by atoms with Gasteiger partial charge >= 0.3 is 0 Å². The molecule has 7 nitrogen and oxygen atoms in total. The number of nitrogens with zero attached hydrogens (tertiary/aromatic N) is 4. The van der Waals surface area contributed by atoms with Gasteiger partial charge in [0.1, 0.15) is 5.88 Å². The summed E-state index contributed by atoms with van der Waals surface area (Å²) in [5.74, 6) is 0.150. The first kappa shape index (κ1) is 26.4. The van der Waals surface area contributed by atoms with Crippen LogP contribution in [0, 0.1) is 0 Å². The van der Waals surface area contributed by atoms with Crippen molar-refractivity contribution < 1.29 is 13.2 Å². The Bertz CT molecular complexity index is 1370. The highest BCUT2D eigenvalue weighted by Crippen LogP contribution is 2.26. The minimum absolute atomic E-state index is 0.0137. The van der Waals surface area contributed by atoms with Crippen LogP contribution >= 0.6 is 0 Å². The van der Waals surface area contributed by atoms with E-state index in [0.717, 1.165) is 49.3 Å². The van der Waals surface area contributed by atoms with Gasteiger partial charge in [0, 0.05) is 65.5 Å². The van der Waals surface area contributed by atoms with Gasteiger partial charge in [0.15, 0.2) is 0 Å². The average molecular weight is 533 g/mol. The maximum absolute atomic E-state index is 13.2. The Morgan fingerprint density at radius 1 is 0.842 bits per heavy atom. The quantitative estimate of drug-likeness (QED) is 0.463. The predicted octanol–water partition coefficient (Wildman–Crippen LogP) is 3.80. The fourth-order valence-electron chi connectivity index (χ4n) is 5.30. The van der Waals surface area contributed by atoms with Crippen molar-refractivity contribution in [2.24, 2.45) is 0 Å². The molecule has 0 atom stereocenters. The van der Waals surface area contributed by atoms with Crippen molar-refractivity contribution in [3.63, 3.8) is 0 Å². The van der Waals surface area contributed by atoms with E-state index >= 15 is 0 Å². The first-order valence-electron chi connectivity index (χ1n) is 13.2. The molecule has 3 aromatic rings. The number of anilines is 1. The summed E-state index contributed by atoms with van der Waals surface area (Å²) in [6.45, 7) is 6.50. The van der Waals surface area contributed by atoms with E-state index in [4.69, 9.17) is 0 Å². The summed E-state index contributed by atoms with van der Waals surface area (Å²) in [6, 6.07) is 24.8. The summed E-state index contributed by atoms with van der Waals surface area (Å²) < 4.78 is 27.8. The van der Waals surface area contributed by atoms with E-state index in [1.165, 1.54) is 21.1 Å². The number of carbonyl (C=O) groups is 1. The fourth-order valence-corrected chi connectivity index (χ4v) is 6.53. The zero-order chi connectivity index (χ0) is 26.7.